The fraction of sp³-hybridized carbons (Fsp3) is 0.269. The molecule has 0 amide bonds. The summed E-state index contributed by atoms with van der Waals surface area (Å²) in [6, 6.07) is 27.3. The number of benzene rings is 3. The van der Waals surface area contributed by atoms with Gasteiger partial charge in [-0.2, -0.15) is 0 Å². The first-order chi connectivity index (χ1) is 14.2. The van der Waals surface area contributed by atoms with Gasteiger partial charge in [0, 0.05) is 12.1 Å². The van der Waals surface area contributed by atoms with E-state index in [-0.39, 0.29) is 0 Å². The van der Waals surface area contributed by atoms with Gasteiger partial charge in [0.25, 0.3) is 0 Å². The van der Waals surface area contributed by atoms with Gasteiger partial charge in [-0.3, -0.25) is 0 Å². The number of imidazole rings is 1. The summed E-state index contributed by atoms with van der Waals surface area (Å²) in [5.74, 6) is 2.54. The van der Waals surface area contributed by atoms with Gasteiger partial charge in [0.15, 0.2) is 0 Å². The molecule has 148 valence electrons. The molecule has 1 heterocycles. The summed E-state index contributed by atoms with van der Waals surface area (Å²) in [4.78, 5) is 4.88. The number of rotatable bonds is 8. The van der Waals surface area contributed by atoms with Crippen molar-refractivity contribution >= 4 is 11.0 Å². The van der Waals surface area contributed by atoms with E-state index in [9.17, 15) is 0 Å². The van der Waals surface area contributed by atoms with E-state index in [2.05, 4.69) is 85.1 Å². The molecule has 0 radical (unpaired) electrons. The van der Waals surface area contributed by atoms with Crippen LogP contribution in [0.3, 0.4) is 0 Å². The average Bonchev–Trinajstić information content (AvgIpc) is 3.13. The predicted octanol–water partition coefficient (Wildman–Crippen LogP) is 6.69. The predicted molar refractivity (Wildman–Crippen MR) is 120 cm³/mol. The van der Waals surface area contributed by atoms with Crippen LogP contribution >= 0.6 is 0 Å². The largest absolute Gasteiger partial charge is 0.494 e. The molecule has 4 aromatic rings. The number of hydrogen-bond donors (Lipinski definition) is 0. The molecule has 0 saturated carbocycles. The van der Waals surface area contributed by atoms with E-state index in [0.29, 0.717) is 5.92 Å². The third kappa shape index (κ3) is 4.51. The molecule has 3 nitrogen and oxygen atoms in total. The van der Waals surface area contributed by atoms with Crippen LogP contribution in [0, 0.1) is 0 Å². The Morgan fingerprint density at radius 2 is 1.55 bits per heavy atom. The third-order valence-electron chi connectivity index (χ3n) is 5.28. The van der Waals surface area contributed by atoms with Crippen molar-refractivity contribution in [2.45, 2.75) is 39.2 Å². The molecule has 0 aliphatic carbocycles. The molecule has 3 heteroatoms. The van der Waals surface area contributed by atoms with E-state index in [1.165, 1.54) is 11.1 Å². The van der Waals surface area contributed by atoms with Gasteiger partial charge in [-0.15, -0.1) is 0 Å². The summed E-state index contributed by atoms with van der Waals surface area (Å²) in [6.07, 6.45) is 2.05. The normalized spacial score (nSPS) is 11.3. The highest BCUT2D eigenvalue weighted by Gasteiger charge is 2.11. The van der Waals surface area contributed by atoms with Gasteiger partial charge in [-0.25, -0.2) is 4.98 Å². The van der Waals surface area contributed by atoms with Crippen LogP contribution < -0.4 is 4.74 Å². The number of aryl methyl sites for hydroxylation is 1. The van der Waals surface area contributed by atoms with E-state index >= 15 is 0 Å². The Bertz CT molecular complexity index is 1050. The molecule has 0 bridgehead atoms. The molecule has 0 saturated heterocycles. The topological polar surface area (TPSA) is 27.1 Å². The lowest BCUT2D eigenvalue weighted by atomic mass is 10.0. The average molecular weight is 385 g/mol. The molecule has 3 aromatic carbocycles. The first-order valence-electron chi connectivity index (χ1n) is 10.5. The maximum Gasteiger partial charge on any atom is 0.141 e. The van der Waals surface area contributed by atoms with Gasteiger partial charge in [0.2, 0.25) is 0 Å². The summed E-state index contributed by atoms with van der Waals surface area (Å²) in [6.45, 7) is 6.08. The Morgan fingerprint density at radius 3 is 2.31 bits per heavy atom. The van der Waals surface area contributed by atoms with Crippen molar-refractivity contribution < 1.29 is 4.74 Å². The van der Waals surface area contributed by atoms with Gasteiger partial charge < -0.3 is 9.30 Å². The highest BCUT2D eigenvalue weighted by Crippen LogP contribution is 2.25. The summed E-state index contributed by atoms with van der Waals surface area (Å²) in [7, 11) is 0. The molecule has 0 N–H and O–H groups in total. The fourth-order valence-corrected chi connectivity index (χ4v) is 3.62. The van der Waals surface area contributed by atoms with Crippen LogP contribution in [0.25, 0.3) is 22.4 Å². The smallest absolute Gasteiger partial charge is 0.141 e. The maximum absolute atomic E-state index is 5.94. The highest BCUT2D eigenvalue weighted by atomic mass is 16.5. The second kappa shape index (κ2) is 8.95. The molecular weight excluding hydrogens is 356 g/mol. The van der Waals surface area contributed by atoms with Crippen molar-refractivity contribution in [3.05, 3.63) is 84.4 Å². The van der Waals surface area contributed by atoms with Gasteiger partial charge in [0.1, 0.15) is 11.6 Å². The molecular formula is C26H28N2O. The SMILES string of the molecule is CC(C)c1ccc(OCCCCn2c(-c3ccccc3)nc3ccccc32)cc1. The van der Waals surface area contributed by atoms with Crippen LogP contribution in [0.4, 0.5) is 0 Å². The fourth-order valence-electron chi connectivity index (χ4n) is 3.62. The van der Waals surface area contributed by atoms with E-state index in [0.717, 1.165) is 48.6 Å². The summed E-state index contributed by atoms with van der Waals surface area (Å²) >= 11 is 0. The molecule has 0 atom stereocenters. The van der Waals surface area contributed by atoms with E-state index in [1.807, 2.05) is 12.1 Å². The first kappa shape index (κ1) is 19.3. The Morgan fingerprint density at radius 1 is 0.828 bits per heavy atom. The number of fused-ring (bicyclic) bond motifs is 1. The van der Waals surface area contributed by atoms with Crippen molar-refractivity contribution in [3.8, 4) is 17.1 Å². The zero-order valence-corrected chi connectivity index (χ0v) is 17.2. The van der Waals surface area contributed by atoms with Crippen LogP contribution in [0.15, 0.2) is 78.9 Å². The lowest BCUT2D eigenvalue weighted by molar-refractivity contribution is 0.303. The summed E-state index contributed by atoms with van der Waals surface area (Å²) in [5.41, 5.74) is 4.74. The molecule has 0 unspecified atom stereocenters. The van der Waals surface area contributed by atoms with Crippen molar-refractivity contribution in [1.29, 1.82) is 0 Å². The van der Waals surface area contributed by atoms with Gasteiger partial charge in [0.05, 0.1) is 17.6 Å². The van der Waals surface area contributed by atoms with Crippen LogP contribution in [0.2, 0.25) is 0 Å². The number of hydrogen-bond acceptors (Lipinski definition) is 2. The minimum Gasteiger partial charge on any atom is -0.494 e. The number of unbranched alkanes of at least 4 members (excludes halogenated alkanes) is 1. The molecule has 0 aliphatic rings. The van der Waals surface area contributed by atoms with Crippen molar-refractivity contribution in [3.63, 3.8) is 0 Å². The van der Waals surface area contributed by atoms with Crippen LogP contribution in [-0.4, -0.2) is 16.2 Å². The Kier molecular flexibility index (Phi) is 5.95. The van der Waals surface area contributed by atoms with Crippen molar-refractivity contribution in [2.75, 3.05) is 6.61 Å². The molecule has 29 heavy (non-hydrogen) atoms. The Labute approximate surface area is 173 Å². The quantitative estimate of drug-likeness (QED) is 0.317. The summed E-state index contributed by atoms with van der Waals surface area (Å²) in [5, 5.41) is 0. The van der Waals surface area contributed by atoms with E-state index < -0.39 is 0 Å². The minimum absolute atomic E-state index is 0.549. The number of nitrogens with zero attached hydrogens (tertiary/aromatic N) is 2. The monoisotopic (exact) mass is 384 g/mol. The second-order valence-electron chi connectivity index (χ2n) is 7.72. The Hall–Kier alpha value is -3.07. The van der Waals surface area contributed by atoms with E-state index in [1.54, 1.807) is 0 Å². The van der Waals surface area contributed by atoms with Crippen molar-refractivity contribution in [2.24, 2.45) is 0 Å². The third-order valence-corrected chi connectivity index (χ3v) is 5.28. The molecule has 0 aliphatic heterocycles. The molecule has 4 rings (SSSR count). The molecule has 0 spiro atoms. The van der Waals surface area contributed by atoms with Crippen LogP contribution in [0.1, 0.15) is 38.2 Å². The van der Waals surface area contributed by atoms with Gasteiger partial charge in [-0.05, 0) is 48.6 Å². The lowest BCUT2D eigenvalue weighted by Crippen LogP contribution is -2.04. The minimum atomic E-state index is 0.549. The van der Waals surface area contributed by atoms with Gasteiger partial charge >= 0.3 is 0 Å². The van der Waals surface area contributed by atoms with Crippen LogP contribution in [-0.2, 0) is 6.54 Å². The maximum atomic E-state index is 5.94. The lowest BCUT2D eigenvalue weighted by Gasteiger charge is -2.11. The Balaban J connectivity index is 1.39. The highest BCUT2D eigenvalue weighted by molar-refractivity contribution is 5.80. The van der Waals surface area contributed by atoms with Crippen LogP contribution in [0.5, 0.6) is 5.75 Å². The zero-order valence-electron chi connectivity index (χ0n) is 17.2. The molecule has 0 fully saturated rings. The number of para-hydroxylation sites is 2. The standard InChI is InChI=1S/C26H28N2O/c1-20(2)21-14-16-23(17-15-21)29-19-9-8-18-28-25-13-7-6-12-24(25)27-26(28)22-10-4-3-5-11-22/h3-7,10-17,20H,8-9,18-19H2,1-2H3. The first-order valence-corrected chi connectivity index (χ1v) is 10.5. The molecule has 1 aromatic heterocycles. The van der Waals surface area contributed by atoms with Crippen molar-refractivity contribution in [1.82, 2.24) is 9.55 Å². The number of ether oxygens (including phenoxy) is 1. The summed E-state index contributed by atoms with van der Waals surface area (Å²) < 4.78 is 8.27. The zero-order chi connectivity index (χ0) is 20.1. The van der Waals surface area contributed by atoms with E-state index in [4.69, 9.17) is 9.72 Å². The second-order valence-corrected chi connectivity index (χ2v) is 7.72. The number of aromatic nitrogens is 2. The van der Waals surface area contributed by atoms with Gasteiger partial charge in [-0.1, -0.05) is 68.4 Å².